The average Bonchev–Trinajstić information content (AvgIpc) is 3.12. The summed E-state index contributed by atoms with van der Waals surface area (Å²) in [6.45, 7) is 1.73. The molecule has 172 valence electrons. The van der Waals surface area contributed by atoms with Crippen molar-refractivity contribution in [2.24, 2.45) is 0 Å². The van der Waals surface area contributed by atoms with Gasteiger partial charge in [0.15, 0.2) is 6.10 Å². The van der Waals surface area contributed by atoms with E-state index < -0.39 is 23.9 Å². The minimum absolute atomic E-state index is 0.0234. The standard InChI is InChI=1S/C26H20ClNO6/c1-3-21(23(29)15-9-5-4-6-10-15)34-26(32)18-13-19(27)20(14-22(18)33-2)28-24(30)16-11-7-8-12-17(16)25(28)31/h4-14,21H,3H2,1-2H3/t21-/m0/s1. The van der Waals surface area contributed by atoms with E-state index in [4.69, 9.17) is 21.1 Å². The Balaban J connectivity index is 1.64. The van der Waals surface area contributed by atoms with Crippen molar-refractivity contribution in [1.82, 2.24) is 0 Å². The van der Waals surface area contributed by atoms with E-state index in [2.05, 4.69) is 0 Å². The number of benzene rings is 3. The number of fused-ring (bicyclic) bond motifs is 1. The number of hydrogen-bond donors (Lipinski definition) is 0. The Morgan fingerprint density at radius 2 is 1.53 bits per heavy atom. The van der Waals surface area contributed by atoms with E-state index in [9.17, 15) is 19.2 Å². The van der Waals surface area contributed by atoms with E-state index >= 15 is 0 Å². The van der Waals surface area contributed by atoms with Gasteiger partial charge in [-0.3, -0.25) is 14.4 Å². The molecule has 0 aliphatic carbocycles. The highest BCUT2D eigenvalue weighted by Gasteiger charge is 2.38. The summed E-state index contributed by atoms with van der Waals surface area (Å²) in [7, 11) is 1.33. The molecule has 0 aromatic heterocycles. The van der Waals surface area contributed by atoms with Gasteiger partial charge < -0.3 is 9.47 Å². The maximum atomic E-state index is 13.0. The molecule has 1 atom stereocenters. The number of nitrogens with zero attached hydrogens (tertiary/aromatic N) is 1. The van der Waals surface area contributed by atoms with Crippen LogP contribution in [0.1, 0.15) is 54.8 Å². The fourth-order valence-electron chi connectivity index (χ4n) is 3.75. The van der Waals surface area contributed by atoms with Crippen LogP contribution >= 0.6 is 11.6 Å². The van der Waals surface area contributed by atoms with Gasteiger partial charge in [0.05, 0.1) is 28.9 Å². The topological polar surface area (TPSA) is 90.0 Å². The number of carbonyl (C=O) groups excluding carboxylic acids is 4. The molecular weight excluding hydrogens is 458 g/mol. The molecule has 1 aliphatic heterocycles. The lowest BCUT2D eigenvalue weighted by molar-refractivity contribution is 0.0274. The quantitative estimate of drug-likeness (QED) is 0.271. The smallest absolute Gasteiger partial charge is 0.342 e. The van der Waals surface area contributed by atoms with Crippen LogP contribution < -0.4 is 9.64 Å². The molecule has 0 saturated carbocycles. The largest absolute Gasteiger partial charge is 0.496 e. The molecule has 3 aromatic rings. The van der Waals surface area contributed by atoms with Crippen molar-refractivity contribution in [3.05, 3.63) is 94.0 Å². The Morgan fingerprint density at radius 1 is 0.941 bits per heavy atom. The molecule has 0 saturated heterocycles. The summed E-state index contributed by atoms with van der Waals surface area (Å²) < 4.78 is 10.8. The zero-order chi connectivity index (χ0) is 24.4. The van der Waals surface area contributed by atoms with Crippen LogP contribution in [-0.2, 0) is 4.74 Å². The first-order chi connectivity index (χ1) is 16.4. The summed E-state index contributed by atoms with van der Waals surface area (Å²) in [4.78, 5) is 52.4. The van der Waals surface area contributed by atoms with Crippen LogP contribution in [0.2, 0.25) is 5.02 Å². The van der Waals surface area contributed by atoms with E-state index in [1.54, 1.807) is 61.5 Å². The van der Waals surface area contributed by atoms with Crippen molar-refractivity contribution < 1.29 is 28.7 Å². The molecule has 3 aromatic carbocycles. The van der Waals surface area contributed by atoms with Crippen molar-refractivity contribution in [2.45, 2.75) is 19.4 Å². The Hall–Kier alpha value is -3.97. The van der Waals surface area contributed by atoms with Gasteiger partial charge in [-0.15, -0.1) is 0 Å². The molecule has 0 N–H and O–H groups in total. The summed E-state index contributed by atoms with van der Waals surface area (Å²) in [5.74, 6) is -2.16. The fourth-order valence-corrected chi connectivity index (χ4v) is 4.00. The van der Waals surface area contributed by atoms with E-state index in [1.165, 1.54) is 19.2 Å². The van der Waals surface area contributed by atoms with Crippen LogP contribution in [0.15, 0.2) is 66.7 Å². The minimum atomic E-state index is -1.01. The molecule has 8 heteroatoms. The van der Waals surface area contributed by atoms with Crippen LogP contribution in [-0.4, -0.2) is 36.8 Å². The number of methoxy groups -OCH3 is 1. The molecular formula is C26H20ClNO6. The highest BCUT2D eigenvalue weighted by atomic mass is 35.5. The van der Waals surface area contributed by atoms with Crippen LogP contribution in [0.25, 0.3) is 0 Å². The number of anilines is 1. The first-order valence-electron chi connectivity index (χ1n) is 10.5. The molecule has 34 heavy (non-hydrogen) atoms. The van der Waals surface area contributed by atoms with Gasteiger partial charge in [-0.1, -0.05) is 61.0 Å². The fraction of sp³-hybridized carbons (Fsp3) is 0.154. The van der Waals surface area contributed by atoms with E-state index in [0.717, 1.165) is 4.90 Å². The number of amides is 2. The number of carbonyl (C=O) groups is 4. The van der Waals surface area contributed by atoms with Gasteiger partial charge in [-0.05, 0) is 24.6 Å². The van der Waals surface area contributed by atoms with Gasteiger partial charge in [0, 0.05) is 11.6 Å². The second-order valence-electron chi connectivity index (χ2n) is 7.53. The summed E-state index contributed by atoms with van der Waals surface area (Å²) in [6.07, 6.45) is -0.739. The van der Waals surface area contributed by atoms with Crippen molar-refractivity contribution in [3.63, 3.8) is 0 Å². The maximum Gasteiger partial charge on any atom is 0.342 e. The van der Waals surface area contributed by atoms with Crippen molar-refractivity contribution in [3.8, 4) is 5.75 Å². The lowest BCUT2D eigenvalue weighted by atomic mass is 10.0. The van der Waals surface area contributed by atoms with Gasteiger partial charge in [0.2, 0.25) is 5.78 Å². The molecule has 0 bridgehead atoms. The van der Waals surface area contributed by atoms with E-state index in [0.29, 0.717) is 5.56 Å². The third-order valence-electron chi connectivity index (χ3n) is 5.49. The van der Waals surface area contributed by atoms with Crippen LogP contribution in [0, 0.1) is 0 Å². The number of rotatable bonds is 7. The summed E-state index contributed by atoms with van der Waals surface area (Å²) in [5, 5.41) is -0.0234. The second-order valence-corrected chi connectivity index (χ2v) is 7.93. The Morgan fingerprint density at radius 3 is 2.09 bits per heavy atom. The first kappa shape index (κ1) is 23.2. The molecule has 0 radical (unpaired) electrons. The highest BCUT2D eigenvalue weighted by Crippen LogP contribution is 2.38. The number of hydrogen-bond acceptors (Lipinski definition) is 6. The van der Waals surface area contributed by atoms with Crippen LogP contribution in [0.5, 0.6) is 5.75 Å². The Kier molecular flexibility index (Phi) is 6.47. The zero-order valence-corrected chi connectivity index (χ0v) is 19.2. The molecule has 0 fully saturated rings. The van der Waals surface area contributed by atoms with E-state index in [1.807, 2.05) is 0 Å². The second kappa shape index (κ2) is 9.49. The normalized spacial score (nSPS) is 13.4. The third kappa shape index (κ3) is 4.06. The predicted molar refractivity (Wildman–Crippen MR) is 126 cm³/mol. The number of halogens is 1. The monoisotopic (exact) mass is 477 g/mol. The molecule has 0 spiro atoms. The average molecular weight is 478 g/mol. The highest BCUT2D eigenvalue weighted by molar-refractivity contribution is 6.40. The van der Waals surface area contributed by atoms with Gasteiger partial charge in [-0.2, -0.15) is 0 Å². The lowest BCUT2D eigenvalue weighted by Crippen LogP contribution is -2.30. The van der Waals surface area contributed by atoms with Crippen LogP contribution in [0.3, 0.4) is 0 Å². The van der Waals surface area contributed by atoms with E-state index in [-0.39, 0.29) is 45.4 Å². The number of ketones is 1. The summed E-state index contributed by atoms with van der Waals surface area (Å²) in [5.41, 5.74) is 0.987. The molecule has 4 rings (SSSR count). The maximum absolute atomic E-state index is 13.0. The SMILES string of the molecule is CC[C@H](OC(=O)c1cc(Cl)c(N2C(=O)c3ccccc3C2=O)cc1OC)C(=O)c1ccccc1. The zero-order valence-electron chi connectivity index (χ0n) is 18.4. The van der Waals surface area contributed by atoms with Crippen molar-refractivity contribution in [2.75, 3.05) is 12.0 Å². The van der Waals surface area contributed by atoms with Crippen LogP contribution in [0.4, 0.5) is 5.69 Å². The van der Waals surface area contributed by atoms with Gasteiger partial charge in [-0.25, -0.2) is 9.69 Å². The molecule has 0 unspecified atom stereocenters. The van der Waals surface area contributed by atoms with Crippen molar-refractivity contribution in [1.29, 1.82) is 0 Å². The summed E-state index contributed by atoms with van der Waals surface area (Å²) >= 11 is 6.41. The first-order valence-corrected chi connectivity index (χ1v) is 10.9. The molecule has 1 heterocycles. The Bertz CT molecular complexity index is 1270. The molecule has 2 amide bonds. The number of esters is 1. The number of imide groups is 1. The Labute approximate surface area is 200 Å². The van der Waals surface area contributed by atoms with Crippen molar-refractivity contribution >= 4 is 40.9 Å². The van der Waals surface area contributed by atoms with Gasteiger partial charge in [0.25, 0.3) is 11.8 Å². The number of Topliss-reactive ketones (excluding diaryl/α,β-unsaturated/α-hetero) is 1. The lowest BCUT2D eigenvalue weighted by Gasteiger charge is -2.20. The molecule has 1 aliphatic rings. The number of ether oxygens (including phenoxy) is 2. The summed E-state index contributed by atoms with van der Waals surface area (Å²) in [6, 6.07) is 17.6. The third-order valence-corrected chi connectivity index (χ3v) is 5.80. The van der Waals surface area contributed by atoms with Gasteiger partial charge >= 0.3 is 5.97 Å². The predicted octanol–water partition coefficient (Wildman–Crippen LogP) is 4.97. The van der Waals surface area contributed by atoms with Gasteiger partial charge in [0.1, 0.15) is 11.3 Å². The minimum Gasteiger partial charge on any atom is -0.496 e. The molecule has 7 nitrogen and oxygen atoms in total.